The van der Waals surface area contributed by atoms with Gasteiger partial charge >= 0.3 is 0 Å². The second-order valence-corrected chi connectivity index (χ2v) is 5.26. The maximum absolute atomic E-state index is 5.41. The van der Waals surface area contributed by atoms with E-state index in [4.69, 9.17) is 4.74 Å². The van der Waals surface area contributed by atoms with Crippen LogP contribution in [-0.2, 0) is 6.42 Å². The molecule has 0 amide bonds. The predicted molar refractivity (Wildman–Crippen MR) is 81.9 cm³/mol. The minimum Gasteiger partial charge on any atom is -0.496 e. The Kier molecular flexibility index (Phi) is 6.89. The van der Waals surface area contributed by atoms with Crippen molar-refractivity contribution in [1.29, 1.82) is 0 Å². The van der Waals surface area contributed by atoms with E-state index >= 15 is 0 Å². The van der Waals surface area contributed by atoms with Gasteiger partial charge in [0.1, 0.15) is 5.75 Å². The summed E-state index contributed by atoms with van der Waals surface area (Å²) < 4.78 is 5.41. The predicted octanol–water partition coefficient (Wildman–Crippen LogP) is 2.56. The van der Waals surface area contributed by atoms with Crippen LogP contribution in [-0.4, -0.2) is 44.2 Å². The van der Waals surface area contributed by atoms with Crippen molar-refractivity contribution in [3.8, 4) is 5.75 Å². The molecular formula is C16H28N2O. The summed E-state index contributed by atoms with van der Waals surface area (Å²) in [5, 5.41) is 3.45. The molecule has 1 aromatic rings. The number of rotatable bonds is 8. The maximum Gasteiger partial charge on any atom is 0.122 e. The van der Waals surface area contributed by atoms with Crippen molar-refractivity contribution in [2.45, 2.75) is 39.3 Å². The largest absolute Gasteiger partial charge is 0.496 e. The molecule has 0 aliphatic rings. The summed E-state index contributed by atoms with van der Waals surface area (Å²) in [6.45, 7) is 8.73. The number of likely N-dealkylation sites (N-methyl/N-ethyl adjacent to an activating group) is 2. The van der Waals surface area contributed by atoms with Gasteiger partial charge in [-0.05, 0) is 45.5 Å². The molecule has 0 radical (unpaired) electrons. The zero-order valence-corrected chi connectivity index (χ0v) is 12.9. The van der Waals surface area contributed by atoms with Crippen LogP contribution in [0.2, 0.25) is 0 Å². The van der Waals surface area contributed by atoms with Crippen molar-refractivity contribution in [3.63, 3.8) is 0 Å². The normalized spacial score (nSPS) is 14.4. The van der Waals surface area contributed by atoms with E-state index < -0.39 is 0 Å². The lowest BCUT2D eigenvalue weighted by Crippen LogP contribution is -2.41. The first-order chi connectivity index (χ1) is 9.08. The van der Waals surface area contributed by atoms with Crippen LogP contribution in [0, 0.1) is 0 Å². The van der Waals surface area contributed by atoms with Crippen LogP contribution in [0.15, 0.2) is 24.3 Å². The highest BCUT2D eigenvalue weighted by Crippen LogP contribution is 2.20. The zero-order valence-electron chi connectivity index (χ0n) is 12.9. The molecule has 3 nitrogen and oxygen atoms in total. The molecular weight excluding hydrogens is 236 g/mol. The van der Waals surface area contributed by atoms with Crippen molar-refractivity contribution in [2.75, 3.05) is 27.2 Å². The van der Waals surface area contributed by atoms with E-state index in [9.17, 15) is 0 Å². The van der Waals surface area contributed by atoms with Crippen LogP contribution in [0.1, 0.15) is 26.3 Å². The quantitative estimate of drug-likeness (QED) is 0.781. The monoisotopic (exact) mass is 264 g/mol. The van der Waals surface area contributed by atoms with Crippen molar-refractivity contribution >= 4 is 0 Å². The lowest BCUT2D eigenvalue weighted by Gasteiger charge is -2.28. The fourth-order valence-electron chi connectivity index (χ4n) is 2.37. The third kappa shape index (κ3) is 5.21. The van der Waals surface area contributed by atoms with Gasteiger partial charge in [-0.25, -0.2) is 0 Å². The second kappa shape index (κ2) is 8.18. The van der Waals surface area contributed by atoms with Gasteiger partial charge in [-0.3, -0.25) is 0 Å². The fraction of sp³-hybridized carbons (Fsp3) is 0.625. The summed E-state index contributed by atoms with van der Waals surface area (Å²) in [7, 11) is 3.92. The van der Waals surface area contributed by atoms with Gasteiger partial charge in [0.25, 0.3) is 0 Å². The summed E-state index contributed by atoms with van der Waals surface area (Å²) in [6.07, 6.45) is 1.01. The number of hydrogen-bond acceptors (Lipinski definition) is 3. The van der Waals surface area contributed by atoms with Crippen LogP contribution < -0.4 is 10.1 Å². The molecule has 0 bridgehead atoms. The number of nitrogens with one attached hydrogen (secondary N) is 1. The van der Waals surface area contributed by atoms with Crippen LogP contribution >= 0.6 is 0 Å². The lowest BCUT2D eigenvalue weighted by molar-refractivity contribution is 0.232. The smallest absolute Gasteiger partial charge is 0.122 e. The summed E-state index contributed by atoms with van der Waals surface area (Å²) in [6, 6.07) is 9.29. The van der Waals surface area contributed by atoms with Gasteiger partial charge in [0.05, 0.1) is 7.11 Å². The fourth-order valence-corrected chi connectivity index (χ4v) is 2.37. The molecule has 1 rings (SSSR count). The molecule has 1 aromatic carbocycles. The number of hydrogen-bond donors (Lipinski definition) is 1. The lowest BCUT2D eigenvalue weighted by atomic mass is 10.0. The number of para-hydroxylation sites is 1. The SMILES string of the molecule is CCNC(C)CN(C)C(C)Cc1ccccc1OC. The van der Waals surface area contributed by atoms with E-state index in [1.165, 1.54) is 5.56 Å². The summed E-state index contributed by atoms with van der Waals surface area (Å²) in [4.78, 5) is 2.40. The summed E-state index contributed by atoms with van der Waals surface area (Å²) >= 11 is 0. The van der Waals surface area contributed by atoms with E-state index in [-0.39, 0.29) is 0 Å². The molecule has 108 valence electrons. The molecule has 0 saturated heterocycles. The van der Waals surface area contributed by atoms with E-state index in [2.05, 4.69) is 50.2 Å². The first kappa shape index (κ1) is 16.0. The molecule has 3 heteroatoms. The van der Waals surface area contributed by atoms with Gasteiger partial charge in [-0.1, -0.05) is 25.1 Å². The molecule has 0 fully saturated rings. The highest BCUT2D eigenvalue weighted by Gasteiger charge is 2.14. The van der Waals surface area contributed by atoms with Gasteiger partial charge in [-0.2, -0.15) is 0 Å². The van der Waals surface area contributed by atoms with Crippen LogP contribution in [0.4, 0.5) is 0 Å². The highest BCUT2D eigenvalue weighted by molar-refractivity contribution is 5.33. The Morgan fingerprint density at radius 2 is 1.95 bits per heavy atom. The number of ether oxygens (including phenoxy) is 1. The summed E-state index contributed by atoms with van der Waals surface area (Å²) in [5.74, 6) is 0.988. The molecule has 19 heavy (non-hydrogen) atoms. The standard InChI is InChI=1S/C16H28N2O/c1-6-17-13(2)12-18(4)14(3)11-15-9-7-8-10-16(15)19-5/h7-10,13-14,17H,6,11-12H2,1-5H3. The van der Waals surface area contributed by atoms with Crippen LogP contribution in [0.3, 0.4) is 0 Å². The third-order valence-corrected chi connectivity index (χ3v) is 3.57. The van der Waals surface area contributed by atoms with E-state index in [0.717, 1.165) is 25.3 Å². The average Bonchev–Trinajstić information content (AvgIpc) is 2.39. The number of nitrogens with zero attached hydrogens (tertiary/aromatic N) is 1. The third-order valence-electron chi connectivity index (χ3n) is 3.57. The Bertz CT molecular complexity index is 368. The highest BCUT2D eigenvalue weighted by atomic mass is 16.5. The molecule has 0 spiro atoms. The Labute approximate surface area is 118 Å². The van der Waals surface area contributed by atoms with Crippen LogP contribution in [0.5, 0.6) is 5.75 Å². The number of methoxy groups -OCH3 is 1. The van der Waals surface area contributed by atoms with Crippen molar-refractivity contribution in [2.24, 2.45) is 0 Å². The molecule has 2 atom stereocenters. The topological polar surface area (TPSA) is 24.5 Å². The van der Waals surface area contributed by atoms with Gasteiger partial charge in [-0.15, -0.1) is 0 Å². The first-order valence-electron chi connectivity index (χ1n) is 7.14. The molecule has 0 aliphatic carbocycles. The van der Waals surface area contributed by atoms with Crippen LogP contribution in [0.25, 0.3) is 0 Å². The van der Waals surface area contributed by atoms with E-state index in [1.807, 2.05) is 12.1 Å². The van der Waals surface area contributed by atoms with Gasteiger partial charge in [0.15, 0.2) is 0 Å². The maximum atomic E-state index is 5.41. The Morgan fingerprint density at radius 3 is 2.58 bits per heavy atom. The van der Waals surface area contributed by atoms with Gasteiger partial charge in [0, 0.05) is 18.6 Å². The van der Waals surface area contributed by atoms with Crippen molar-refractivity contribution in [3.05, 3.63) is 29.8 Å². The van der Waals surface area contributed by atoms with Crippen molar-refractivity contribution in [1.82, 2.24) is 10.2 Å². The Balaban J connectivity index is 2.55. The van der Waals surface area contributed by atoms with Gasteiger partial charge < -0.3 is 15.0 Å². The minimum atomic E-state index is 0.498. The minimum absolute atomic E-state index is 0.498. The Hall–Kier alpha value is -1.06. The molecule has 0 aromatic heterocycles. The zero-order chi connectivity index (χ0) is 14.3. The molecule has 1 N–H and O–H groups in total. The molecule has 0 heterocycles. The molecule has 2 unspecified atom stereocenters. The first-order valence-corrected chi connectivity index (χ1v) is 7.14. The average molecular weight is 264 g/mol. The number of benzene rings is 1. The molecule has 0 saturated carbocycles. The summed E-state index contributed by atoms with van der Waals surface area (Å²) in [5.41, 5.74) is 1.28. The molecule has 0 aliphatic heterocycles. The van der Waals surface area contributed by atoms with E-state index in [1.54, 1.807) is 7.11 Å². The van der Waals surface area contributed by atoms with Crippen molar-refractivity contribution < 1.29 is 4.74 Å². The van der Waals surface area contributed by atoms with E-state index in [0.29, 0.717) is 12.1 Å². The second-order valence-electron chi connectivity index (χ2n) is 5.26. The van der Waals surface area contributed by atoms with Gasteiger partial charge in [0.2, 0.25) is 0 Å². The Morgan fingerprint density at radius 1 is 1.26 bits per heavy atom.